The van der Waals surface area contributed by atoms with Crippen molar-refractivity contribution in [1.29, 1.82) is 0 Å². The second kappa shape index (κ2) is 13.0. The lowest BCUT2D eigenvalue weighted by atomic mass is 10.1. The van der Waals surface area contributed by atoms with Crippen molar-refractivity contribution in [3.8, 4) is 11.3 Å². The number of hydrogen-bond acceptors (Lipinski definition) is 6. The van der Waals surface area contributed by atoms with Gasteiger partial charge in [-0.05, 0) is 80.2 Å². The van der Waals surface area contributed by atoms with Crippen molar-refractivity contribution >= 4 is 80.2 Å². The van der Waals surface area contributed by atoms with Gasteiger partial charge in [-0.25, -0.2) is 4.98 Å². The summed E-state index contributed by atoms with van der Waals surface area (Å²) in [5.74, 6) is -0.0842. The lowest BCUT2D eigenvalue weighted by molar-refractivity contribution is -0.115. The number of anilines is 3. The highest BCUT2D eigenvalue weighted by atomic mass is 35.5. The molecule has 38 heavy (non-hydrogen) atoms. The molecule has 0 aliphatic heterocycles. The summed E-state index contributed by atoms with van der Waals surface area (Å²) in [6, 6.07) is 22.3. The summed E-state index contributed by atoms with van der Waals surface area (Å²) in [4.78, 5) is 30.0. The standard InChI is InChI=1S/C28H25ClN4O2S3/c1-3-25(26(35)33-28-32-24(16-37-28)19-7-11-20(29)12-8-19)38-23-6-4-5-22(15-23)31-27(36)30-21-13-9-18(10-14-21)17(2)34/h4-16,25H,3H2,1-2H3,(H2,30,31,36)(H,32,33,35). The number of benzene rings is 3. The molecule has 3 N–H and O–H groups in total. The smallest absolute Gasteiger partial charge is 0.239 e. The molecular formula is C28H25ClN4O2S3. The summed E-state index contributed by atoms with van der Waals surface area (Å²) in [6.45, 7) is 3.51. The van der Waals surface area contributed by atoms with E-state index in [9.17, 15) is 9.59 Å². The highest BCUT2D eigenvalue weighted by molar-refractivity contribution is 8.00. The number of carbonyl (C=O) groups excluding carboxylic acids is 2. The Hall–Kier alpha value is -3.24. The highest BCUT2D eigenvalue weighted by Crippen LogP contribution is 2.30. The van der Waals surface area contributed by atoms with E-state index in [1.165, 1.54) is 30.0 Å². The fourth-order valence-electron chi connectivity index (χ4n) is 3.49. The van der Waals surface area contributed by atoms with E-state index in [-0.39, 0.29) is 16.9 Å². The van der Waals surface area contributed by atoms with Crippen molar-refractivity contribution in [3.05, 3.63) is 88.8 Å². The number of amides is 1. The van der Waals surface area contributed by atoms with E-state index in [2.05, 4.69) is 20.9 Å². The van der Waals surface area contributed by atoms with Crippen molar-refractivity contribution < 1.29 is 9.59 Å². The molecule has 6 nitrogen and oxygen atoms in total. The molecule has 1 aromatic heterocycles. The average molecular weight is 581 g/mol. The van der Waals surface area contributed by atoms with Crippen molar-refractivity contribution in [3.63, 3.8) is 0 Å². The molecule has 1 atom stereocenters. The third kappa shape index (κ3) is 7.64. The maximum absolute atomic E-state index is 13.0. The van der Waals surface area contributed by atoms with Gasteiger partial charge >= 0.3 is 0 Å². The maximum atomic E-state index is 13.0. The Morgan fingerprint density at radius 2 is 1.71 bits per heavy atom. The fraction of sp³-hybridized carbons (Fsp3) is 0.143. The predicted molar refractivity (Wildman–Crippen MR) is 164 cm³/mol. The molecule has 1 heterocycles. The van der Waals surface area contributed by atoms with Gasteiger partial charge in [0.2, 0.25) is 5.91 Å². The van der Waals surface area contributed by atoms with Crippen LogP contribution in [0.2, 0.25) is 5.02 Å². The van der Waals surface area contributed by atoms with E-state index < -0.39 is 0 Å². The largest absolute Gasteiger partial charge is 0.332 e. The zero-order chi connectivity index (χ0) is 27.1. The van der Waals surface area contributed by atoms with Crippen LogP contribution in [0.5, 0.6) is 0 Å². The lowest BCUT2D eigenvalue weighted by Gasteiger charge is -2.15. The Labute approximate surface area is 240 Å². The minimum Gasteiger partial charge on any atom is -0.332 e. The molecule has 0 aliphatic carbocycles. The van der Waals surface area contributed by atoms with Gasteiger partial charge in [-0.2, -0.15) is 0 Å². The van der Waals surface area contributed by atoms with Gasteiger partial charge in [0, 0.05) is 37.8 Å². The quantitative estimate of drug-likeness (QED) is 0.105. The van der Waals surface area contributed by atoms with Gasteiger partial charge in [-0.15, -0.1) is 23.1 Å². The molecule has 194 valence electrons. The summed E-state index contributed by atoms with van der Waals surface area (Å²) < 4.78 is 0. The summed E-state index contributed by atoms with van der Waals surface area (Å²) in [5.41, 5.74) is 3.96. The first-order chi connectivity index (χ1) is 18.3. The Kier molecular flexibility index (Phi) is 9.52. The van der Waals surface area contributed by atoms with Gasteiger partial charge < -0.3 is 16.0 Å². The zero-order valence-electron chi connectivity index (χ0n) is 20.7. The molecule has 0 saturated heterocycles. The van der Waals surface area contributed by atoms with Crippen molar-refractivity contribution in [2.24, 2.45) is 0 Å². The number of hydrogen-bond donors (Lipinski definition) is 3. The van der Waals surface area contributed by atoms with Gasteiger partial charge in [-0.3, -0.25) is 9.59 Å². The Bertz CT molecular complexity index is 1440. The van der Waals surface area contributed by atoms with Gasteiger partial charge in [0.15, 0.2) is 16.0 Å². The Morgan fingerprint density at radius 3 is 2.39 bits per heavy atom. The fourth-order valence-corrected chi connectivity index (χ4v) is 5.58. The van der Waals surface area contributed by atoms with Crippen LogP contribution >= 0.6 is 46.9 Å². The molecule has 0 bridgehead atoms. The summed E-state index contributed by atoms with van der Waals surface area (Å²) >= 11 is 14.3. The maximum Gasteiger partial charge on any atom is 0.239 e. The van der Waals surface area contributed by atoms with E-state index >= 15 is 0 Å². The number of thiazole rings is 1. The third-order valence-corrected chi connectivity index (χ3v) is 8.03. The first kappa shape index (κ1) is 27.8. The van der Waals surface area contributed by atoms with Crippen LogP contribution in [0.1, 0.15) is 30.6 Å². The van der Waals surface area contributed by atoms with Crippen LogP contribution in [0.25, 0.3) is 11.3 Å². The second-order valence-electron chi connectivity index (χ2n) is 8.29. The molecule has 4 aromatic rings. The molecule has 10 heteroatoms. The molecule has 0 spiro atoms. The van der Waals surface area contributed by atoms with Gasteiger partial charge in [-0.1, -0.05) is 36.7 Å². The van der Waals surface area contributed by atoms with Crippen LogP contribution in [-0.2, 0) is 4.79 Å². The second-order valence-corrected chi connectivity index (χ2v) is 11.3. The minimum absolute atomic E-state index is 0.0139. The van der Waals surface area contributed by atoms with Crippen LogP contribution in [0.15, 0.2) is 83.1 Å². The van der Waals surface area contributed by atoms with E-state index in [1.807, 2.05) is 73.0 Å². The molecular weight excluding hydrogens is 556 g/mol. The number of rotatable bonds is 9. The minimum atomic E-state index is -0.294. The summed E-state index contributed by atoms with van der Waals surface area (Å²) in [6.07, 6.45) is 0.653. The molecule has 1 amide bonds. The molecule has 4 rings (SSSR count). The first-order valence-corrected chi connectivity index (χ1v) is 14.3. The molecule has 0 aliphatic rings. The monoisotopic (exact) mass is 580 g/mol. The van der Waals surface area contributed by atoms with Crippen LogP contribution in [0, 0.1) is 0 Å². The SMILES string of the molecule is CCC(Sc1cccc(NC(=S)Nc2ccc(C(C)=O)cc2)c1)C(=O)Nc1nc(-c2ccc(Cl)cc2)cs1. The van der Waals surface area contributed by atoms with Crippen LogP contribution in [0.4, 0.5) is 16.5 Å². The summed E-state index contributed by atoms with van der Waals surface area (Å²) in [7, 11) is 0. The van der Waals surface area contributed by atoms with E-state index in [0.717, 1.165) is 27.5 Å². The number of nitrogens with zero attached hydrogens (tertiary/aromatic N) is 1. The molecule has 1 unspecified atom stereocenters. The lowest BCUT2D eigenvalue weighted by Crippen LogP contribution is -2.24. The Morgan fingerprint density at radius 1 is 1.00 bits per heavy atom. The first-order valence-electron chi connectivity index (χ1n) is 11.8. The Balaban J connectivity index is 1.34. The average Bonchev–Trinajstić information content (AvgIpc) is 3.36. The molecule has 0 radical (unpaired) electrons. The number of nitrogens with one attached hydrogen (secondary N) is 3. The van der Waals surface area contributed by atoms with Crippen LogP contribution < -0.4 is 16.0 Å². The number of thiocarbonyl (C=S) groups is 1. The predicted octanol–water partition coefficient (Wildman–Crippen LogP) is 7.98. The van der Waals surface area contributed by atoms with Gasteiger partial charge in [0.1, 0.15) is 0 Å². The highest BCUT2D eigenvalue weighted by Gasteiger charge is 2.20. The number of Topliss-reactive ketones (excluding diaryl/α,β-unsaturated/α-hetero) is 1. The van der Waals surface area contributed by atoms with Crippen molar-refractivity contribution in [1.82, 2.24) is 4.98 Å². The van der Waals surface area contributed by atoms with Crippen LogP contribution in [-0.4, -0.2) is 27.0 Å². The van der Waals surface area contributed by atoms with E-state index in [4.69, 9.17) is 23.8 Å². The summed E-state index contributed by atoms with van der Waals surface area (Å²) in [5, 5.41) is 12.5. The zero-order valence-corrected chi connectivity index (χ0v) is 23.9. The normalized spacial score (nSPS) is 11.4. The van der Waals surface area contributed by atoms with E-state index in [0.29, 0.717) is 27.3 Å². The molecule has 0 fully saturated rings. The number of ketones is 1. The number of aromatic nitrogens is 1. The molecule has 0 saturated carbocycles. The molecule has 3 aromatic carbocycles. The van der Waals surface area contributed by atoms with Gasteiger partial charge in [0.25, 0.3) is 0 Å². The van der Waals surface area contributed by atoms with E-state index in [1.54, 1.807) is 12.1 Å². The number of halogens is 1. The number of carbonyl (C=O) groups is 2. The van der Waals surface area contributed by atoms with Gasteiger partial charge in [0.05, 0.1) is 10.9 Å². The van der Waals surface area contributed by atoms with Crippen molar-refractivity contribution in [2.45, 2.75) is 30.4 Å². The topological polar surface area (TPSA) is 83.1 Å². The third-order valence-electron chi connectivity index (χ3n) is 5.46. The van der Waals surface area contributed by atoms with Crippen molar-refractivity contribution in [2.75, 3.05) is 16.0 Å². The number of thioether (sulfide) groups is 1. The van der Waals surface area contributed by atoms with Crippen LogP contribution in [0.3, 0.4) is 0 Å².